The molecule has 0 atom stereocenters. The zero-order valence-electron chi connectivity index (χ0n) is 15.2. The number of ether oxygens (including phenoxy) is 1. The van der Waals surface area contributed by atoms with E-state index >= 15 is 0 Å². The fraction of sp³-hybridized carbons (Fsp3) is 0.812. The maximum Gasteiger partial charge on any atom is 0.239 e. The third-order valence-electron chi connectivity index (χ3n) is 4.23. The van der Waals surface area contributed by atoms with Crippen molar-refractivity contribution in [2.75, 3.05) is 66.6 Å². The smallest absolute Gasteiger partial charge is 0.239 e. The Morgan fingerprint density at radius 2 is 1.84 bits per heavy atom. The van der Waals surface area contributed by atoms with Crippen LogP contribution in [0.1, 0.15) is 12.8 Å². The molecule has 2 fully saturated rings. The Labute approximate surface area is 149 Å². The number of hydrogen-bond acceptors (Lipinski definition) is 5. The Hall–Kier alpha value is -1.87. The maximum absolute atomic E-state index is 11.9. The SMILES string of the molecule is CN=C(NCC(=O)NCCOC)N1CCN(CC(=O)NC2CC2)CC1. The third kappa shape index (κ3) is 7.27. The fourth-order valence-corrected chi connectivity index (χ4v) is 2.67. The molecule has 0 unspecified atom stereocenters. The van der Waals surface area contributed by atoms with Crippen LogP contribution >= 0.6 is 0 Å². The minimum absolute atomic E-state index is 0.0893. The van der Waals surface area contributed by atoms with E-state index in [4.69, 9.17) is 4.74 Å². The van der Waals surface area contributed by atoms with Gasteiger partial charge < -0.3 is 25.6 Å². The molecule has 1 saturated carbocycles. The number of hydrogen-bond donors (Lipinski definition) is 3. The number of aliphatic imine (C=N–C) groups is 1. The van der Waals surface area contributed by atoms with Crippen molar-refractivity contribution >= 4 is 17.8 Å². The first-order valence-corrected chi connectivity index (χ1v) is 8.85. The Kier molecular flexibility index (Phi) is 7.93. The first-order valence-electron chi connectivity index (χ1n) is 8.85. The van der Waals surface area contributed by atoms with E-state index in [0.29, 0.717) is 31.7 Å². The van der Waals surface area contributed by atoms with Gasteiger partial charge in [-0.3, -0.25) is 19.5 Å². The van der Waals surface area contributed by atoms with E-state index in [2.05, 4.69) is 30.7 Å². The predicted molar refractivity (Wildman–Crippen MR) is 95.4 cm³/mol. The molecule has 1 heterocycles. The highest BCUT2D eigenvalue weighted by Gasteiger charge is 2.25. The number of rotatable bonds is 8. The van der Waals surface area contributed by atoms with Crippen LogP contribution in [0.2, 0.25) is 0 Å². The molecule has 2 aliphatic rings. The van der Waals surface area contributed by atoms with Gasteiger partial charge in [0.1, 0.15) is 0 Å². The summed E-state index contributed by atoms with van der Waals surface area (Å²) in [5.41, 5.74) is 0. The van der Waals surface area contributed by atoms with E-state index in [-0.39, 0.29) is 18.4 Å². The third-order valence-corrected chi connectivity index (χ3v) is 4.23. The number of carbonyl (C=O) groups is 2. The Bertz CT molecular complexity index is 472. The van der Waals surface area contributed by atoms with Crippen LogP contribution in [-0.4, -0.2) is 100 Å². The van der Waals surface area contributed by atoms with E-state index < -0.39 is 0 Å². The van der Waals surface area contributed by atoms with Crippen LogP contribution in [0.4, 0.5) is 0 Å². The number of nitrogens with zero attached hydrogens (tertiary/aromatic N) is 3. The first-order chi connectivity index (χ1) is 12.1. The van der Waals surface area contributed by atoms with Crippen molar-refractivity contribution in [2.24, 2.45) is 4.99 Å². The second-order valence-electron chi connectivity index (χ2n) is 6.35. The molecule has 2 rings (SSSR count). The van der Waals surface area contributed by atoms with Gasteiger partial charge in [0.15, 0.2) is 5.96 Å². The molecule has 1 aliphatic carbocycles. The number of piperazine rings is 1. The number of nitrogens with one attached hydrogen (secondary N) is 3. The quantitative estimate of drug-likeness (QED) is 0.271. The van der Waals surface area contributed by atoms with Gasteiger partial charge in [0.25, 0.3) is 0 Å². The summed E-state index contributed by atoms with van der Waals surface area (Å²) in [6.45, 7) is 4.80. The zero-order chi connectivity index (χ0) is 18.1. The van der Waals surface area contributed by atoms with Crippen molar-refractivity contribution in [3.05, 3.63) is 0 Å². The molecule has 9 heteroatoms. The Balaban J connectivity index is 1.65. The van der Waals surface area contributed by atoms with Gasteiger partial charge in [-0.1, -0.05) is 0 Å². The van der Waals surface area contributed by atoms with Crippen LogP contribution in [0.5, 0.6) is 0 Å². The van der Waals surface area contributed by atoms with E-state index in [1.165, 1.54) is 0 Å². The van der Waals surface area contributed by atoms with Gasteiger partial charge in [0.05, 0.1) is 19.7 Å². The molecule has 9 nitrogen and oxygen atoms in total. The summed E-state index contributed by atoms with van der Waals surface area (Å²) in [6, 6.07) is 0.409. The molecule has 0 aromatic heterocycles. The lowest BCUT2D eigenvalue weighted by molar-refractivity contribution is -0.123. The van der Waals surface area contributed by atoms with Crippen LogP contribution in [-0.2, 0) is 14.3 Å². The van der Waals surface area contributed by atoms with Gasteiger partial charge in [0, 0.05) is 52.9 Å². The molecule has 2 amide bonds. The van der Waals surface area contributed by atoms with Crippen molar-refractivity contribution in [1.82, 2.24) is 25.8 Å². The van der Waals surface area contributed by atoms with Crippen LogP contribution in [0, 0.1) is 0 Å². The fourth-order valence-electron chi connectivity index (χ4n) is 2.67. The highest BCUT2D eigenvalue weighted by atomic mass is 16.5. The molecule has 0 spiro atoms. The molecule has 142 valence electrons. The van der Waals surface area contributed by atoms with E-state index in [1.807, 2.05) is 0 Å². The molecule has 1 saturated heterocycles. The molecular formula is C16H30N6O3. The van der Waals surface area contributed by atoms with Crippen molar-refractivity contribution in [1.29, 1.82) is 0 Å². The Morgan fingerprint density at radius 1 is 1.12 bits per heavy atom. The lowest BCUT2D eigenvalue weighted by Crippen LogP contribution is -2.55. The monoisotopic (exact) mass is 354 g/mol. The highest BCUT2D eigenvalue weighted by molar-refractivity contribution is 5.86. The Morgan fingerprint density at radius 3 is 2.44 bits per heavy atom. The van der Waals surface area contributed by atoms with Gasteiger partial charge in [-0.2, -0.15) is 0 Å². The predicted octanol–water partition coefficient (Wildman–Crippen LogP) is -1.78. The summed E-state index contributed by atoms with van der Waals surface area (Å²) in [7, 11) is 3.31. The molecule has 3 N–H and O–H groups in total. The van der Waals surface area contributed by atoms with Gasteiger partial charge >= 0.3 is 0 Å². The van der Waals surface area contributed by atoms with Gasteiger partial charge in [-0.25, -0.2) is 0 Å². The highest BCUT2D eigenvalue weighted by Crippen LogP contribution is 2.18. The van der Waals surface area contributed by atoms with Crippen molar-refractivity contribution in [3.63, 3.8) is 0 Å². The summed E-state index contributed by atoms with van der Waals surface area (Å²) in [5.74, 6) is 0.740. The molecule has 0 radical (unpaired) electrons. The normalized spacial score (nSPS) is 18.8. The topological polar surface area (TPSA) is 98.3 Å². The summed E-state index contributed by atoms with van der Waals surface area (Å²) in [5, 5.41) is 8.86. The summed E-state index contributed by atoms with van der Waals surface area (Å²) >= 11 is 0. The number of methoxy groups -OCH3 is 1. The lowest BCUT2D eigenvalue weighted by atomic mass is 10.3. The van der Waals surface area contributed by atoms with Gasteiger partial charge in [-0.15, -0.1) is 0 Å². The second kappa shape index (κ2) is 10.2. The summed E-state index contributed by atoms with van der Waals surface area (Å²) < 4.78 is 4.90. The molecule has 0 aromatic rings. The van der Waals surface area contributed by atoms with Crippen molar-refractivity contribution in [2.45, 2.75) is 18.9 Å². The largest absolute Gasteiger partial charge is 0.383 e. The number of guanidine groups is 1. The van der Waals surface area contributed by atoms with Crippen LogP contribution in [0.15, 0.2) is 4.99 Å². The number of amides is 2. The van der Waals surface area contributed by atoms with E-state index in [9.17, 15) is 9.59 Å². The molecule has 0 bridgehead atoms. The summed E-state index contributed by atoms with van der Waals surface area (Å²) in [4.78, 5) is 32.1. The van der Waals surface area contributed by atoms with Crippen LogP contribution < -0.4 is 16.0 Å². The zero-order valence-corrected chi connectivity index (χ0v) is 15.2. The van der Waals surface area contributed by atoms with Crippen molar-refractivity contribution in [3.8, 4) is 0 Å². The lowest BCUT2D eigenvalue weighted by Gasteiger charge is -2.36. The van der Waals surface area contributed by atoms with Gasteiger partial charge in [0.2, 0.25) is 11.8 Å². The molecule has 1 aliphatic heterocycles. The average Bonchev–Trinajstić information content (AvgIpc) is 3.41. The number of carbonyl (C=O) groups excluding carboxylic acids is 2. The van der Waals surface area contributed by atoms with Crippen molar-refractivity contribution < 1.29 is 14.3 Å². The molecular weight excluding hydrogens is 324 g/mol. The second-order valence-corrected chi connectivity index (χ2v) is 6.35. The maximum atomic E-state index is 11.9. The first kappa shape index (κ1) is 19.5. The van der Waals surface area contributed by atoms with Crippen LogP contribution in [0.25, 0.3) is 0 Å². The molecule has 25 heavy (non-hydrogen) atoms. The minimum atomic E-state index is -0.0893. The van der Waals surface area contributed by atoms with Gasteiger partial charge in [-0.05, 0) is 12.8 Å². The minimum Gasteiger partial charge on any atom is -0.383 e. The van der Waals surface area contributed by atoms with Crippen LogP contribution in [0.3, 0.4) is 0 Å². The average molecular weight is 354 g/mol. The molecule has 0 aromatic carbocycles. The summed E-state index contributed by atoms with van der Waals surface area (Å²) in [6.07, 6.45) is 2.22. The van der Waals surface area contributed by atoms with E-state index in [1.54, 1.807) is 14.2 Å². The standard InChI is InChI=1S/C16H30N6O3/c1-17-16(19-11-14(23)18-5-10-25-2)22-8-6-21(7-9-22)12-15(24)20-13-3-4-13/h13H,3-12H2,1-2H3,(H,17,19)(H,18,23)(H,20,24). The van der Waals surface area contributed by atoms with E-state index in [0.717, 1.165) is 39.0 Å².